The summed E-state index contributed by atoms with van der Waals surface area (Å²) in [6.45, 7) is 0. The third-order valence-corrected chi connectivity index (χ3v) is 5.42. The standard InChI is InChI=1S/C21H14N4O4/c26-15-9-11(16-6-3-7-28-16)8-12-13(15)10-22-19-18(12)20(27)25(24-19)21-23-14-4-1-2-5-17(14)29-21/h1-7,10-11H,8-9H2,(H,22,24)/t11-/m0/s1. The van der Waals surface area contributed by atoms with E-state index in [1.807, 2.05) is 24.3 Å². The number of benzene rings is 1. The molecular weight excluding hydrogens is 372 g/mol. The minimum absolute atomic E-state index is 0.0453. The highest BCUT2D eigenvalue weighted by molar-refractivity contribution is 6.02. The molecule has 1 aliphatic rings. The summed E-state index contributed by atoms with van der Waals surface area (Å²) in [5, 5.41) is 3.34. The van der Waals surface area contributed by atoms with Crippen LogP contribution in [0.15, 0.2) is 62.5 Å². The van der Waals surface area contributed by atoms with Crippen LogP contribution in [0.5, 0.6) is 0 Å². The third kappa shape index (κ3) is 2.32. The highest BCUT2D eigenvalue weighted by atomic mass is 16.4. The summed E-state index contributed by atoms with van der Waals surface area (Å²) in [6.07, 6.45) is 3.98. The molecule has 0 aliphatic heterocycles. The summed E-state index contributed by atoms with van der Waals surface area (Å²) < 4.78 is 12.5. The van der Waals surface area contributed by atoms with Crippen molar-refractivity contribution in [1.82, 2.24) is 19.7 Å². The molecule has 0 spiro atoms. The van der Waals surface area contributed by atoms with Crippen LogP contribution in [0.25, 0.3) is 28.1 Å². The van der Waals surface area contributed by atoms with Crippen molar-refractivity contribution >= 4 is 27.9 Å². The van der Waals surface area contributed by atoms with Crippen LogP contribution in [0.3, 0.4) is 0 Å². The van der Waals surface area contributed by atoms with Crippen LogP contribution in [0.2, 0.25) is 0 Å². The maximum atomic E-state index is 13.2. The van der Waals surface area contributed by atoms with Crippen LogP contribution >= 0.6 is 0 Å². The normalized spacial score (nSPS) is 16.6. The van der Waals surface area contributed by atoms with Gasteiger partial charge in [0.1, 0.15) is 11.3 Å². The number of furan rings is 1. The largest absolute Gasteiger partial charge is 0.469 e. The van der Waals surface area contributed by atoms with Gasteiger partial charge in [-0.15, -0.1) is 0 Å². The number of oxazole rings is 1. The summed E-state index contributed by atoms with van der Waals surface area (Å²) in [5.41, 5.74) is 2.45. The molecule has 6 rings (SSSR count). The molecule has 1 N–H and O–H groups in total. The molecule has 0 saturated heterocycles. The molecule has 0 radical (unpaired) electrons. The summed E-state index contributed by atoms with van der Waals surface area (Å²) in [7, 11) is 0. The van der Waals surface area contributed by atoms with Crippen LogP contribution in [-0.2, 0) is 6.42 Å². The number of aromatic nitrogens is 4. The van der Waals surface area contributed by atoms with Crippen molar-refractivity contribution < 1.29 is 13.6 Å². The van der Waals surface area contributed by atoms with Gasteiger partial charge in [-0.3, -0.25) is 14.7 Å². The fourth-order valence-corrected chi connectivity index (χ4v) is 4.05. The monoisotopic (exact) mass is 386 g/mol. The van der Waals surface area contributed by atoms with Crippen molar-refractivity contribution in [3.05, 3.63) is 76.1 Å². The molecule has 5 aromatic rings. The molecule has 0 amide bonds. The van der Waals surface area contributed by atoms with E-state index in [4.69, 9.17) is 8.83 Å². The number of nitrogens with one attached hydrogen (secondary N) is 1. The Morgan fingerprint density at radius 2 is 2.00 bits per heavy atom. The average Bonchev–Trinajstić information content (AvgIpc) is 3.46. The second kappa shape index (κ2) is 5.78. The Kier molecular flexibility index (Phi) is 3.20. The Bertz CT molecular complexity index is 1420. The van der Waals surface area contributed by atoms with Gasteiger partial charge in [0.2, 0.25) is 0 Å². The van der Waals surface area contributed by atoms with E-state index < -0.39 is 0 Å². The number of H-pyrrole nitrogens is 1. The number of carbonyl (C=O) groups excluding carboxylic acids is 1. The number of nitrogens with zero attached hydrogens (tertiary/aromatic N) is 3. The van der Waals surface area contributed by atoms with E-state index in [1.54, 1.807) is 18.4 Å². The number of para-hydroxylation sites is 2. The van der Waals surface area contributed by atoms with Crippen molar-refractivity contribution in [3.63, 3.8) is 0 Å². The van der Waals surface area contributed by atoms with E-state index in [1.165, 1.54) is 10.9 Å². The first-order valence-electron chi connectivity index (χ1n) is 9.24. The molecule has 1 atom stereocenters. The van der Waals surface area contributed by atoms with Gasteiger partial charge in [0.25, 0.3) is 5.56 Å². The zero-order chi connectivity index (χ0) is 19.5. The molecule has 0 fully saturated rings. The zero-order valence-corrected chi connectivity index (χ0v) is 15.1. The second-order valence-electron chi connectivity index (χ2n) is 7.13. The first-order valence-corrected chi connectivity index (χ1v) is 9.24. The van der Waals surface area contributed by atoms with E-state index in [2.05, 4.69) is 15.1 Å². The predicted molar refractivity (Wildman–Crippen MR) is 103 cm³/mol. The van der Waals surface area contributed by atoms with Crippen LogP contribution in [0.4, 0.5) is 0 Å². The van der Waals surface area contributed by atoms with Crippen molar-refractivity contribution in [1.29, 1.82) is 0 Å². The van der Waals surface area contributed by atoms with Gasteiger partial charge in [-0.2, -0.15) is 9.67 Å². The first kappa shape index (κ1) is 16.1. The summed E-state index contributed by atoms with van der Waals surface area (Å²) in [5.74, 6) is 0.586. The van der Waals surface area contributed by atoms with Crippen molar-refractivity contribution in [3.8, 4) is 6.01 Å². The minimum atomic E-state index is -0.344. The Labute approximate surface area is 162 Å². The number of carbonyl (C=O) groups is 1. The Hall–Kier alpha value is -3.94. The number of aromatic amines is 1. The lowest BCUT2D eigenvalue weighted by Gasteiger charge is -2.21. The number of fused-ring (bicyclic) bond motifs is 4. The second-order valence-corrected chi connectivity index (χ2v) is 7.13. The van der Waals surface area contributed by atoms with Gasteiger partial charge in [-0.25, -0.2) is 4.98 Å². The highest BCUT2D eigenvalue weighted by Gasteiger charge is 2.31. The zero-order valence-electron chi connectivity index (χ0n) is 15.1. The predicted octanol–water partition coefficient (Wildman–Crippen LogP) is 3.36. The van der Waals surface area contributed by atoms with Gasteiger partial charge in [0.15, 0.2) is 17.0 Å². The molecule has 1 aliphatic carbocycles. The molecule has 0 saturated carbocycles. The van der Waals surface area contributed by atoms with E-state index in [9.17, 15) is 9.59 Å². The molecule has 8 heteroatoms. The number of hydrogen-bond acceptors (Lipinski definition) is 6. The topological polar surface area (TPSA) is 107 Å². The van der Waals surface area contributed by atoms with Crippen molar-refractivity contribution in [2.45, 2.75) is 18.8 Å². The fraction of sp³-hybridized carbons (Fsp3) is 0.143. The fourth-order valence-electron chi connectivity index (χ4n) is 4.05. The van der Waals surface area contributed by atoms with Gasteiger partial charge < -0.3 is 8.83 Å². The Morgan fingerprint density at radius 1 is 1.10 bits per heavy atom. The maximum Gasteiger partial charge on any atom is 0.325 e. The summed E-state index contributed by atoms with van der Waals surface area (Å²) in [6, 6.07) is 11.1. The lowest BCUT2D eigenvalue weighted by atomic mass is 9.81. The highest BCUT2D eigenvalue weighted by Crippen LogP contribution is 2.35. The van der Waals surface area contributed by atoms with Gasteiger partial charge >= 0.3 is 6.01 Å². The smallest absolute Gasteiger partial charge is 0.325 e. The molecule has 29 heavy (non-hydrogen) atoms. The number of pyridine rings is 1. The molecule has 8 nitrogen and oxygen atoms in total. The van der Waals surface area contributed by atoms with Gasteiger partial charge in [-0.1, -0.05) is 12.1 Å². The Balaban J connectivity index is 1.55. The minimum Gasteiger partial charge on any atom is -0.469 e. The molecule has 4 heterocycles. The van der Waals surface area contributed by atoms with Crippen molar-refractivity contribution in [2.24, 2.45) is 0 Å². The van der Waals surface area contributed by atoms with Gasteiger partial charge in [0, 0.05) is 24.1 Å². The molecular formula is C21H14N4O4. The van der Waals surface area contributed by atoms with E-state index in [-0.39, 0.29) is 23.3 Å². The first-order chi connectivity index (χ1) is 14.2. The van der Waals surface area contributed by atoms with Crippen LogP contribution in [0.1, 0.15) is 34.0 Å². The quantitative estimate of drug-likeness (QED) is 0.498. The van der Waals surface area contributed by atoms with E-state index in [0.29, 0.717) is 46.1 Å². The average molecular weight is 386 g/mol. The van der Waals surface area contributed by atoms with E-state index >= 15 is 0 Å². The number of hydrogen-bond donors (Lipinski definition) is 1. The van der Waals surface area contributed by atoms with Crippen molar-refractivity contribution in [2.75, 3.05) is 0 Å². The molecule has 1 aromatic carbocycles. The third-order valence-electron chi connectivity index (χ3n) is 5.42. The molecule has 0 bridgehead atoms. The van der Waals surface area contributed by atoms with E-state index in [0.717, 1.165) is 5.76 Å². The lowest BCUT2D eigenvalue weighted by Crippen LogP contribution is -2.21. The maximum absolute atomic E-state index is 13.2. The Morgan fingerprint density at radius 3 is 2.83 bits per heavy atom. The SMILES string of the molecule is O=C1C[C@@H](c2ccco2)Cc2c1cnc1[nH]n(-c3nc4ccccc4o3)c(=O)c21. The lowest BCUT2D eigenvalue weighted by molar-refractivity contribution is 0.0960. The molecule has 4 aromatic heterocycles. The van der Waals surface area contributed by atoms with Gasteiger partial charge in [-0.05, 0) is 36.2 Å². The van der Waals surface area contributed by atoms with Gasteiger partial charge in [0.05, 0.1) is 11.6 Å². The summed E-state index contributed by atoms with van der Waals surface area (Å²) in [4.78, 5) is 34.6. The van der Waals surface area contributed by atoms with Crippen LogP contribution < -0.4 is 5.56 Å². The summed E-state index contributed by atoms with van der Waals surface area (Å²) >= 11 is 0. The molecule has 142 valence electrons. The number of Topliss-reactive ketones (excluding diaryl/α,β-unsaturated/α-hetero) is 1. The van der Waals surface area contributed by atoms with Crippen LogP contribution in [-0.4, -0.2) is 25.5 Å². The van der Waals surface area contributed by atoms with Crippen LogP contribution in [0, 0.1) is 0 Å². The number of ketones is 1. The number of rotatable bonds is 2. The molecule has 0 unspecified atom stereocenters.